The lowest BCUT2D eigenvalue weighted by Crippen LogP contribution is -2.30. The minimum atomic E-state index is -0.651. The third kappa shape index (κ3) is 3.09. The van der Waals surface area contributed by atoms with Crippen molar-refractivity contribution in [3.8, 4) is 0 Å². The number of carbonyl (C=O) groups is 2. The number of nitro groups is 1. The fourth-order valence-electron chi connectivity index (χ4n) is 2.50. The molecule has 0 saturated carbocycles. The zero-order chi connectivity index (χ0) is 15.4. The maximum absolute atomic E-state index is 12.0. The summed E-state index contributed by atoms with van der Waals surface area (Å²) in [5.41, 5.74) is 0.466. The first kappa shape index (κ1) is 15.2. The molecule has 0 atom stereocenters. The second-order valence-corrected chi connectivity index (χ2v) is 5.16. The molecule has 0 spiro atoms. The quantitative estimate of drug-likeness (QED) is 0.334. The van der Waals surface area contributed by atoms with Gasteiger partial charge in [0.2, 0.25) is 0 Å². The van der Waals surface area contributed by atoms with Crippen molar-refractivity contribution < 1.29 is 14.5 Å². The SMILES string of the molecule is CCCCCCCN1C(=O)C(=O)c2cc([N+](=O)[O-])ccc21. The number of carbonyl (C=O) groups excluding carboxylic acids is 2. The van der Waals surface area contributed by atoms with Gasteiger partial charge in [-0.1, -0.05) is 32.6 Å². The lowest BCUT2D eigenvalue weighted by molar-refractivity contribution is -0.384. The molecule has 21 heavy (non-hydrogen) atoms. The molecule has 1 aliphatic rings. The van der Waals surface area contributed by atoms with E-state index in [0.717, 1.165) is 32.1 Å². The van der Waals surface area contributed by atoms with E-state index in [1.165, 1.54) is 23.1 Å². The minimum Gasteiger partial charge on any atom is -0.305 e. The maximum atomic E-state index is 12.0. The summed E-state index contributed by atoms with van der Waals surface area (Å²) < 4.78 is 0. The van der Waals surface area contributed by atoms with E-state index in [1.807, 2.05) is 0 Å². The second-order valence-electron chi connectivity index (χ2n) is 5.16. The number of Topliss-reactive ketones (excluding diaryl/α,β-unsaturated/α-hetero) is 1. The molecular weight excluding hydrogens is 272 g/mol. The van der Waals surface area contributed by atoms with Crippen LogP contribution in [0.1, 0.15) is 49.4 Å². The fraction of sp³-hybridized carbons (Fsp3) is 0.467. The highest BCUT2D eigenvalue weighted by molar-refractivity contribution is 6.52. The number of non-ortho nitro benzene ring substituents is 1. The molecule has 0 unspecified atom stereocenters. The number of unbranched alkanes of at least 4 members (excludes halogenated alkanes) is 4. The van der Waals surface area contributed by atoms with Crippen LogP contribution in [-0.4, -0.2) is 23.2 Å². The van der Waals surface area contributed by atoms with Crippen LogP contribution in [0.5, 0.6) is 0 Å². The number of benzene rings is 1. The third-order valence-corrected chi connectivity index (χ3v) is 3.65. The lowest BCUT2D eigenvalue weighted by Gasteiger charge is -2.16. The highest BCUT2D eigenvalue weighted by Gasteiger charge is 2.36. The van der Waals surface area contributed by atoms with Gasteiger partial charge in [-0.2, -0.15) is 0 Å². The van der Waals surface area contributed by atoms with E-state index in [0.29, 0.717) is 12.2 Å². The number of hydrogen-bond acceptors (Lipinski definition) is 4. The molecule has 1 heterocycles. The maximum Gasteiger partial charge on any atom is 0.299 e. The Morgan fingerprint density at radius 3 is 2.52 bits per heavy atom. The van der Waals surface area contributed by atoms with Crippen molar-refractivity contribution in [1.29, 1.82) is 0 Å². The molecule has 0 aromatic heterocycles. The number of nitro benzene ring substituents is 1. The average molecular weight is 290 g/mol. The van der Waals surface area contributed by atoms with Gasteiger partial charge in [-0.3, -0.25) is 19.7 Å². The van der Waals surface area contributed by atoms with Crippen molar-refractivity contribution in [2.45, 2.75) is 39.0 Å². The van der Waals surface area contributed by atoms with E-state index >= 15 is 0 Å². The van der Waals surface area contributed by atoms with Gasteiger partial charge in [0.25, 0.3) is 17.4 Å². The van der Waals surface area contributed by atoms with E-state index in [4.69, 9.17) is 0 Å². The molecule has 0 bridgehead atoms. The van der Waals surface area contributed by atoms with Crippen LogP contribution in [0.4, 0.5) is 11.4 Å². The van der Waals surface area contributed by atoms with Gasteiger partial charge in [0.05, 0.1) is 16.2 Å². The molecule has 0 fully saturated rings. The van der Waals surface area contributed by atoms with E-state index in [-0.39, 0.29) is 11.3 Å². The molecule has 0 aliphatic carbocycles. The summed E-state index contributed by atoms with van der Waals surface area (Å²) in [6.07, 6.45) is 5.26. The molecular formula is C15H18N2O4. The summed E-state index contributed by atoms with van der Waals surface area (Å²) in [6, 6.07) is 4.00. The zero-order valence-electron chi connectivity index (χ0n) is 12.0. The van der Waals surface area contributed by atoms with Gasteiger partial charge in [0.15, 0.2) is 0 Å². The molecule has 0 saturated heterocycles. The molecule has 112 valence electrons. The second kappa shape index (κ2) is 6.47. The molecule has 0 N–H and O–H groups in total. The Kier molecular flexibility index (Phi) is 4.67. The monoisotopic (exact) mass is 290 g/mol. The van der Waals surface area contributed by atoms with Crippen molar-refractivity contribution in [2.75, 3.05) is 11.4 Å². The fourth-order valence-corrected chi connectivity index (χ4v) is 2.50. The minimum absolute atomic E-state index is 0.141. The number of anilines is 1. The summed E-state index contributed by atoms with van der Waals surface area (Å²) in [5, 5.41) is 10.7. The van der Waals surface area contributed by atoms with E-state index in [2.05, 4.69) is 6.92 Å². The van der Waals surface area contributed by atoms with Crippen LogP contribution in [0.25, 0.3) is 0 Å². The molecule has 6 heteroatoms. The molecule has 0 radical (unpaired) electrons. The van der Waals surface area contributed by atoms with E-state index in [1.54, 1.807) is 0 Å². The molecule has 1 aromatic rings. The third-order valence-electron chi connectivity index (χ3n) is 3.65. The first-order valence-electron chi connectivity index (χ1n) is 7.21. The highest BCUT2D eigenvalue weighted by Crippen LogP contribution is 2.32. The van der Waals surface area contributed by atoms with Crippen molar-refractivity contribution in [1.82, 2.24) is 0 Å². The number of fused-ring (bicyclic) bond motifs is 1. The summed E-state index contributed by atoms with van der Waals surface area (Å²) in [7, 11) is 0. The first-order valence-corrected chi connectivity index (χ1v) is 7.21. The largest absolute Gasteiger partial charge is 0.305 e. The van der Waals surface area contributed by atoms with Crippen molar-refractivity contribution in [3.05, 3.63) is 33.9 Å². The summed E-state index contributed by atoms with van der Waals surface area (Å²) in [4.78, 5) is 35.5. The average Bonchev–Trinajstić information content (AvgIpc) is 2.71. The highest BCUT2D eigenvalue weighted by atomic mass is 16.6. The number of amides is 1. The van der Waals surface area contributed by atoms with Gasteiger partial charge in [0.1, 0.15) is 0 Å². The van der Waals surface area contributed by atoms with E-state index in [9.17, 15) is 19.7 Å². The predicted octanol–water partition coefficient (Wildman–Crippen LogP) is 3.09. The van der Waals surface area contributed by atoms with Crippen molar-refractivity contribution >= 4 is 23.1 Å². The van der Waals surface area contributed by atoms with Crippen LogP contribution in [0.15, 0.2) is 18.2 Å². The standard InChI is InChI=1S/C15H18N2O4/c1-2-3-4-5-6-9-16-13-8-7-11(17(20)21)10-12(13)14(18)15(16)19/h7-8,10H,2-6,9H2,1H3. The van der Waals surface area contributed by atoms with Crippen LogP contribution in [0.2, 0.25) is 0 Å². The first-order chi connectivity index (χ1) is 10.1. The molecule has 1 amide bonds. The molecule has 6 nitrogen and oxygen atoms in total. The normalized spacial score (nSPS) is 13.7. The molecule has 1 aromatic carbocycles. The van der Waals surface area contributed by atoms with Crippen LogP contribution in [0.3, 0.4) is 0 Å². The van der Waals surface area contributed by atoms with Crippen molar-refractivity contribution in [3.63, 3.8) is 0 Å². The number of ketones is 1. The Hall–Kier alpha value is -2.24. The van der Waals surface area contributed by atoms with Gasteiger partial charge in [0, 0.05) is 18.7 Å². The summed E-state index contributed by atoms with van der Waals surface area (Å²) >= 11 is 0. The van der Waals surface area contributed by atoms with Crippen LogP contribution in [0, 0.1) is 10.1 Å². The number of hydrogen-bond donors (Lipinski definition) is 0. The van der Waals surface area contributed by atoms with E-state index < -0.39 is 16.6 Å². The Balaban J connectivity index is 2.10. The van der Waals surface area contributed by atoms with Crippen LogP contribution >= 0.6 is 0 Å². The topological polar surface area (TPSA) is 80.5 Å². The van der Waals surface area contributed by atoms with Crippen LogP contribution in [-0.2, 0) is 4.79 Å². The Morgan fingerprint density at radius 2 is 1.86 bits per heavy atom. The Labute approximate surface area is 122 Å². The zero-order valence-corrected chi connectivity index (χ0v) is 12.0. The number of rotatable bonds is 7. The predicted molar refractivity (Wildman–Crippen MR) is 78.5 cm³/mol. The van der Waals surface area contributed by atoms with Crippen LogP contribution < -0.4 is 4.90 Å². The molecule has 2 rings (SSSR count). The van der Waals surface area contributed by atoms with Gasteiger partial charge < -0.3 is 4.90 Å². The Bertz CT molecular complexity index is 583. The summed E-state index contributed by atoms with van der Waals surface area (Å²) in [5.74, 6) is -1.23. The van der Waals surface area contributed by atoms with Gasteiger partial charge in [-0.15, -0.1) is 0 Å². The van der Waals surface area contributed by atoms with Crippen molar-refractivity contribution in [2.24, 2.45) is 0 Å². The van der Waals surface area contributed by atoms with Gasteiger partial charge >= 0.3 is 0 Å². The van der Waals surface area contributed by atoms with Gasteiger partial charge in [-0.05, 0) is 12.5 Å². The summed E-state index contributed by atoms with van der Waals surface area (Å²) in [6.45, 7) is 2.62. The smallest absolute Gasteiger partial charge is 0.299 e. The lowest BCUT2D eigenvalue weighted by atomic mass is 10.1. The van der Waals surface area contributed by atoms with Gasteiger partial charge in [-0.25, -0.2) is 0 Å². The molecule has 1 aliphatic heterocycles. The Morgan fingerprint density at radius 1 is 1.14 bits per heavy atom. The number of nitrogens with zero attached hydrogens (tertiary/aromatic N) is 2.